The molecule has 3 nitrogen and oxygen atoms in total. The lowest BCUT2D eigenvalue weighted by molar-refractivity contribution is 0.258. The highest BCUT2D eigenvalue weighted by Crippen LogP contribution is 2.35. The lowest BCUT2D eigenvalue weighted by Gasteiger charge is -2.39. The van der Waals surface area contributed by atoms with Gasteiger partial charge in [-0.3, -0.25) is 0 Å². The summed E-state index contributed by atoms with van der Waals surface area (Å²) in [5.74, 6) is 1.60. The molecule has 0 bridgehead atoms. The van der Waals surface area contributed by atoms with Gasteiger partial charge in [0, 0.05) is 0 Å². The van der Waals surface area contributed by atoms with Crippen LogP contribution in [0.1, 0.15) is 39.0 Å². The van der Waals surface area contributed by atoms with Gasteiger partial charge >= 0.3 is 8.56 Å². The first-order valence-corrected chi connectivity index (χ1v) is 18.3. The summed E-state index contributed by atoms with van der Waals surface area (Å²) in [5, 5.41) is 0. The molecule has 2 radical (unpaired) electrons. The van der Waals surface area contributed by atoms with E-state index in [1.807, 2.05) is 0 Å². The van der Waals surface area contributed by atoms with E-state index in [9.17, 15) is 0 Å². The van der Waals surface area contributed by atoms with Crippen LogP contribution in [-0.4, -0.2) is 35.9 Å². The second-order valence-corrected chi connectivity index (χ2v) is 19.1. The van der Waals surface area contributed by atoms with E-state index >= 15 is 0 Å². The summed E-state index contributed by atoms with van der Waals surface area (Å²) in [6.07, 6.45) is 7.05. The summed E-state index contributed by atoms with van der Waals surface area (Å²) in [6, 6.07) is 1.13. The molecule has 1 rings (SSSR count). The molecule has 1 aliphatic rings. The second kappa shape index (κ2) is 9.29. The second-order valence-electron chi connectivity index (χ2n) is 7.94. The minimum Gasteiger partial charge on any atom is -0.439 e. The van der Waals surface area contributed by atoms with Crippen LogP contribution in [0.4, 0.5) is 0 Å². The van der Waals surface area contributed by atoms with E-state index in [0.29, 0.717) is 9.76 Å². The molecule has 130 valence electrons. The van der Waals surface area contributed by atoms with Crippen molar-refractivity contribution < 1.29 is 12.3 Å². The Balaban J connectivity index is 2.70. The Morgan fingerprint density at radius 3 is 2.23 bits per heavy atom. The van der Waals surface area contributed by atoms with Gasteiger partial charge in [-0.25, -0.2) is 0 Å². The van der Waals surface area contributed by atoms with Gasteiger partial charge in [-0.05, 0) is 57.2 Å². The molecule has 1 aliphatic carbocycles. The third-order valence-electron chi connectivity index (χ3n) is 4.37. The third kappa shape index (κ3) is 8.03. The minimum absolute atomic E-state index is 0.527. The molecular formula is C15H36O3Si4. The van der Waals surface area contributed by atoms with Gasteiger partial charge in [-0.2, -0.15) is 0 Å². The van der Waals surface area contributed by atoms with Crippen molar-refractivity contribution >= 4 is 35.9 Å². The first-order chi connectivity index (χ1) is 10.2. The van der Waals surface area contributed by atoms with Crippen LogP contribution in [0.15, 0.2) is 0 Å². The molecule has 22 heavy (non-hydrogen) atoms. The first-order valence-electron chi connectivity index (χ1n) is 8.85. The van der Waals surface area contributed by atoms with E-state index in [-0.39, 0.29) is 0 Å². The highest BCUT2D eigenvalue weighted by atomic mass is 28.5. The normalized spacial score (nSPS) is 23.0. The zero-order valence-corrected chi connectivity index (χ0v) is 19.9. The standard InChI is InChI=1S/C15H36O3Si4/c1-14(15-11-9-8-10-12-15)13-22(7,18-21(4,5)6)17-20(3)16-19-2/h14-15,20H,8-13H2,1-7H3. The Kier molecular flexibility index (Phi) is 8.78. The van der Waals surface area contributed by atoms with Crippen LogP contribution >= 0.6 is 0 Å². The summed E-state index contributed by atoms with van der Waals surface area (Å²) in [6.45, 7) is 15.8. The molecule has 0 saturated heterocycles. The van der Waals surface area contributed by atoms with Crippen LogP contribution < -0.4 is 0 Å². The summed E-state index contributed by atoms with van der Waals surface area (Å²) >= 11 is 0. The molecule has 0 aromatic heterocycles. The first kappa shape index (κ1) is 20.8. The quantitative estimate of drug-likeness (QED) is 0.547. The Bertz CT molecular complexity index is 318. The minimum atomic E-state index is -2.13. The number of hydrogen-bond donors (Lipinski definition) is 0. The average Bonchev–Trinajstić information content (AvgIpc) is 2.36. The van der Waals surface area contributed by atoms with Crippen molar-refractivity contribution in [3.8, 4) is 0 Å². The van der Waals surface area contributed by atoms with Crippen molar-refractivity contribution in [2.24, 2.45) is 11.8 Å². The van der Waals surface area contributed by atoms with Crippen molar-refractivity contribution in [3.05, 3.63) is 0 Å². The molecule has 7 heteroatoms. The molecule has 1 fully saturated rings. The van der Waals surface area contributed by atoms with E-state index in [1.165, 1.54) is 32.1 Å². The fourth-order valence-electron chi connectivity index (χ4n) is 3.76. The van der Waals surface area contributed by atoms with Crippen LogP contribution in [0.2, 0.25) is 45.3 Å². The zero-order valence-electron chi connectivity index (χ0n) is 15.7. The van der Waals surface area contributed by atoms with Crippen molar-refractivity contribution in [2.45, 2.75) is 84.4 Å². The molecule has 3 unspecified atom stereocenters. The molecule has 0 spiro atoms. The maximum atomic E-state index is 6.62. The van der Waals surface area contributed by atoms with Gasteiger partial charge in [0.05, 0.1) is 0 Å². The van der Waals surface area contributed by atoms with Gasteiger partial charge in [-0.15, -0.1) is 0 Å². The van der Waals surface area contributed by atoms with Crippen LogP contribution in [0, 0.1) is 11.8 Å². The maximum Gasteiger partial charge on any atom is 0.315 e. The Morgan fingerprint density at radius 2 is 1.73 bits per heavy atom. The van der Waals surface area contributed by atoms with Gasteiger partial charge < -0.3 is 12.3 Å². The van der Waals surface area contributed by atoms with Gasteiger partial charge in [-0.1, -0.05) is 39.0 Å². The molecule has 0 aliphatic heterocycles. The lowest BCUT2D eigenvalue weighted by atomic mass is 9.82. The fraction of sp³-hybridized carbons (Fsp3) is 1.00. The van der Waals surface area contributed by atoms with E-state index in [2.05, 4.69) is 46.2 Å². The maximum absolute atomic E-state index is 6.62. The average molecular weight is 377 g/mol. The van der Waals surface area contributed by atoms with E-state index < -0.39 is 26.2 Å². The summed E-state index contributed by atoms with van der Waals surface area (Å²) in [7, 11) is -4.74. The third-order valence-corrected chi connectivity index (χ3v) is 15.5. The number of hydrogen-bond acceptors (Lipinski definition) is 3. The Hall–Kier alpha value is 0.748. The van der Waals surface area contributed by atoms with Crippen molar-refractivity contribution in [1.29, 1.82) is 0 Å². The monoisotopic (exact) mass is 376 g/mol. The van der Waals surface area contributed by atoms with Crippen LogP contribution in [0.5, 0.6) is 0 Å². The van der Waals surface area contributed by atoms with Crippen LogP contribution in [-0.2, 0) is 12.3 Å². The summed E-state index contributed by atoms with van der Waals surface area (Å²) in [4.78, 5) is 0. The van der Waals surface area contributed by atoms with Crippen LogP contribution in [0.25, 0.3) is 0 Å². The molecule has 3 atom stereocenters. The van der Waals surface area contributed by atoms with Crippen molar-refractivity contribution in [2.75, 3.05) is 0 Å². The zero-order chi connectivity index (χ0) is 16.8. The van der Waals surface area contributed by atoms with Gasteiger partial charge in [0.2, 0.25) is 9.76 Å². The summed E-state index contributed by atoms with van der Waals surface area (Å²) in [5.41, 5.74) is 0. The molecule has 0 aromatic rings. The topological polar surface area (TPSA) is 27.7 Å². The highest BCUT2D eigenvalue weighted by Gasteiger charge is 2.41. The predicted octanol–water partition coefficient (Wildman–Crippen LogP) is 4.68. The molecule has 1 saturated carbocycles. The number of rotatable bonds is 9. The molecule has 0 amide bonds. The highest BCUT2D eigenvalue weighted by molar-refractivity contribution is 6.84. The lowest BCUT2D eigenvalue weighted by Crippen LogP contribution is -2.51. The van der Waals surface area contributed by atoms with E-state index in [1.54, 1.807) is 0 Å². The summed E-state index contributed by atoms with van der Waals surface area (Å²) < 4.78 is 18.9. The Morgan fingerprint density at radius 1 is 1.14 bits per heavy atom. The van der Waals surface area contributed by atoms with Crippen LogP contribution in [0.3, 0.4) is 0 Å². The van der Waals surface area contributed by atoms with Crippen molar-refractivity contribution in [3.63, 3.8) is 0 Å². The van der Waals surface area contributed by atoms with E-state index in [4.69, 9.17) is 12.3 Å². The smallest absolute Gasteiger partial charge is 0.315 e. The van der Waals surface area contributed by atoms with Gasteiger partial charge in [0.25, 0.3) is 9.28 Å². The molecule has 0 heterocycles. The Labute approximate surface area is 144 Å². The van der Waals surface area contributed by atoms with E-state index in [0.717, 1.165) is 17.9 Å². The van der Waals surface area contributed by atoms with Gasteiger partial charge in [0.15, 0.2) is 8.32 Å². The molecular weight excluding hydrogens is 341 g/mol. The molecule has 0 N–H and O–H groups in total. The predicted molar refractivity (Wildman–Crippen MR) is 103 cm³/mol. The fourth-order valence-corrected chi connectivity index (χ4v) is 16.5. The largest absolute Gasteiger partial charge is 0.439 e. The SMILES string of the molecule is C[Si]O[SiH](C)O[Si](C)(CC(C)C1CCCCC1)O[Si](C)(C)C. The van der Waals surface area contributed by atoms with Crippen molar-refractivity contribution in [1.82, 2.24) is 0 Å². The molecule has 0 aromatic carbocycles. The van der Waals surface area contributed by atoms with Gasteiger partial charge in [0.1, 0.15) is 0 Å².